The second kappa shape index (κ2) is 19.7. The molecule has 0 bridgehead atoms. The fourth-order valence-corrected chi connectivity index (χ4v) is 4.27. The smallest absolute Gasteiger partial charge is 0.330 e. The van der Waals surface area contributed by atoms with Crippen LogP contribution in [0, 0.1) is 0 Å². The third-order valence-corrected chi connectivity index (χ3v) is 6.42. The first kappa shape index (κ1) is 34.6. The maximum absolute atomic E-state index is 12.7. The van der Waals surface area contributed by atoms with Crippen LogP contribution in [0.1, 0.15) is 121 Å². The summed E-state index contributed by atoms with van der Waals surface area (Å²) in [6, 6.07) is 0.425. The number of allylic oxidation sites excluding steroid dienone is 8. The fourth-order valence-electron chi connectivity index (χ4n) is 4.27. The molecule has 0 saturated carbocycles. The van der Waals surface area contributed by atoms with Crippen molar-refractivity contribution in [3.63, 3.8) is 0 Å². The van der Waals surface area contributed by atoms with Gasteiger partial charge in [-0.15, -0.1) is 0 Å². The lowest BCUT2D eigenvalue weighted by molar-refractivity contribution is -0.137. The number of carbonyl (C=O) groups excluding carboxylic acids is 2. The first-order valence-corrected chi connectivity index (χ1v) is 14.2. The fraction of sp³-hybridized carbons (Fsp3) is 0.636. The average molecular weight is 514 g/mol. The van der Waals surface area contributed by atoms with Crippen molar-refractivity contribution in [3.05, 3.63) is 58.2 Å². The first-order chi connectivity index (χ1) is 17.4. The van der Waals surface area contributed by atoms with E-state index >= 15 is 0 Å². The number of carbonyl (C=O) groups is 2. The number of rotatable bonds is 17. The van der Waals surface area contributed by atoms with Gasteiger partial charge in [-0.3, -0.25) is 4.79 Å². The molecule has 4 heteroatoms. The number of hydrogen-bond acceptors (Lipinski definition) is 3. The predicted molar refractivity (Wildman–Crippen MR) is 159 cm³/mol. The Balaban J connectivity index is 4.40. The molecule has 0 aliphatic rings. The molecule has 210 valence electrons. The van der Waals surface area contributed by atoms with E-state index in [0.717, 1.165) is 62.5 Å². The summed E-state index contributed by atoms with van der Waals surface area (Å²) in [5.41, 5.74) is 6.14. The van der Waals surface area contributed by atoms with E-state index in [1.165, 1.54) is 16.7 Å². The van der Waals surface area contributed by atoms with Gasteiger partial charge in [0.1, 0.15) is 0 Å². The summed E-state index contributed by atoms with van der Waals surface area (Å²) in [6.45, 7) is 21.1. The second-order valence-corrected chi connectivity index (χ2v) is 10.8. The van der Waals surface area contributed by atoms with Crippen LogP contribution in [0.15, 0.2) is 58.2 Å². The van der Waals surface area contributed by atoms with E-state index in [-0.39, 0.29) is 24.0 Å². The van der Waals surface area contributed by atoms with Crippen LogP contribution < -0.4 is 0 Å². The lowest BCUT2D eigenvalue weighted by atomic mass is 10.0. The summed E-state index contributed by atoms with van der Waals surface area (Å²) in [6.07, 6.45) is 18.7. The zero-order valence-corrected chi connectivity index (χ0v) is 25.6. The molecule has 0 spiro atoms. The lowest BCUT2D eigenvalue weighted by Crippen LogP contribution is -2.42. The summed E-state index contributed by atoms with van der Waals surface area (Å²) in [7, 11) is 0. The highest BCUT2D eigenvalue weighted by molar-refractivity contribution is 5.93. The normalized spacial score (nSPS) is 14.0. The molecule has 0 fully saturated rings. The lowest BCUT2D eigenvalue weighted by Gasteiger charge is -2.31. The Bertz CT molecular complexity index is 845. The third kappa shape index (κ3) is 16.9. The van der Waals surface area contributed by atoms with Gasteiger partial charge in [0, 0.05) is 23.7 Å². The molecular formula is C33H55NO3. The van der Waals surface area contributed by atoms with Crippen LogP contribution in [0.4, 0.5) is 0 Å². The maximum atomic E-state index is 12.7. The van der Waals surface area contributed by atoms with Crippen molar-refractivity contribution in [2.24, 2.45) is 0 Å². The van der Waals surface area contributed by atoms with Gasteiger partial charge in [-0.2, -0.15) is 0 Å². The molecule has 1 amide bonds. The van der Waals surface area contributed by atoms with Crippen molar-refractivity contribution >= 4 is 11.9 Å². The quantitative estimate of drug-likeness (QED) is 0.111. The van der Waals surface area contributed by atoms with Crippen LogP contribution in [0.5, 0.6) is 0 Å². The van der Waals surface area contributed by atoms with Crippen molar-refractivity contribution in [1.29, 1.82) is 0 Å². The van der Waals surface area contributed by atoms with Gasteiger partial charge >= 0.3 is 5.97 Å². The molecular weight excluding hydrogens is 458 g/mol. The predicted octanol–water partition coefficient (Wildman–Crippen LogP) is 9.05. The summed E-state index contributed by atoms with van der Waals surface area (Å²) < 4.78 is 4.95. The van der Waals surface area contributed by atoms with Crippen LogP contribution in [-0.2, 0) is 14.3 Å². The van der Waals surface area contributed by atoms with Crippen LogP contribution in [0.25, 0.3) is 0 Å². The molecule has 0 unspecified atom stereocenters. The zero-order valence-electron chi connectivity index (χ0n) is 25.6. The Kier molecular flexibility index (Phi) is 18.5. The van der Waals surface area contributed by atoms with Crippen molar-refractivity contribution in [2.75, 3.05) is 6.61 Å². The van der Waals surface area contributed by atoms with Gasteiger partial charge in [0.05, 0.1) is 6.61 Å². The highest BCUT2D eigenvalue weighted by Crippen LogP contribution is 2.16. The molecule has 0 aromatic heterocycles. The van der Waals surface area contributed by atoms with E-state index in [4.69, 9.17) is 4.74 Å². The molecule has 0 heterocycles. The Morgan fingerprint density at radius 1 is 0.649 bits per heavy atom. The van der Waals surface area contributed by atoms with E-state index in [2.05, 4.69) is 72.8 Å². The van der Waals surface area contributed by atoms with Gasteiger partial charge in [-0.05, 0) is 121 Å². The Morgan fingerprint density at radius 3 is 1.41 bits per heavy atom. The standard InChI is InChI=1S/C33H55NO3/c1-11-37-32(35)24-30(9)22-14-20-28(7)18-12-16-27(6)17-13-19-29(8)21-15-23-31(10)33(36)34(25(2)3)26(4)5/h16,19-20,23-26H,11-15,17-18,21-22H2,1-10H3. The van der Waals surface area contributed by atoms with E-state index in [1.807, 2.05) is 25.7 Å². The Morgan fingerprint density at radius 2 is 1.03 bits per heavy atom. The molecule has 4 nitrogen and oxygen atoms in total. The third-order valence-electron chi connectivity index (χ3n) is 6.42. The largest absolute Gasteiger partial charge is 0.463 e. The molecule has 0 N–H and O–H groups in total. The van der Waals surface area contributed by atoms with E-state index in [1.54, 1.807) is 6.08 Å². The highest BCUT2D eigenvalue weighted by Gasteiger charge is 2.20. The highest BCUT2D eigenvalue weighted by atomic mass is 16.5. The minimum absolute atomic E-state index is 0.151. The van der Waals surface area contributed by atoms with Gasteiger partial charge in [0.15, 0.2) is 0 Å². The van der Waals surface area contributed by atoms with Crippen molar-refractivity contribution in [3.8, 4) is 0 Å². The van der Waals surface area contributed by atoms with Gasteiger partial charge in [-0.1, -0.05) is 46.6 Å². The SMILES string of the molecule is CCOC(=O)C=C(C)CCC=C(C)CCC=C(C)CCC=C(C)CCC=C(C)C(=O)N(C(C)C)C(C)C. The first-order valence-electron chi connectivity index (χ1n) is 14.2. The Labute approximate surface area is 228 Å². The van der Waals surface area contributed by atoms with Crippen molar-refractivity contribution < 1.29 is 14.3 Å². The number of hydrogen-bond donors (Lipinski definition) is 0. The van der Waals surface area contributed by atoms with Crippen molar-refractivity contribution in [1.82, 2.24) is 4.90 Å². The number of amides is 1. The van der Waals surface area contributed by atoms with E-state index in [0.29, 0.717) is 6.61 Å². The second-order valence-electron chi connectivity index (χ2n) is 10.8. The van der Waals surface area contributed by atoms with Gasteiger partial charge < -0.3 is 9.64 Å². The molecule has 37 heavy (non-hydrogen) atoms. The summed E-state index contributed by atoms with van der Waals surface area (Å²) >= 11 is 0. The topological polar surface area (TPSA) is 46.6 Å². The minimum Gasteiger partial charge on any atom is -0.463 e. The average Bonchev–Trinajstić information content (AvgIpc) is 2.78. The summed E-state index contributed by atoms with van der Waals surface area (Å²) in [4.78, 5) is 26.2. The molecule has 0 saturated heterocycles. The van der Waals surface area contributed by atoms with Gasteiger partial charge in [0.25, 0.3) is 0 Å². The molecule has 0 aliphatic carbocycles. The summed E-state index contributed by atoms with van der Waals surface area (Å²) in [5, 5.41) is 0. The van der Waals surface area contributed by atoms with Gasteiger partial charge in [0.2, 0.25) is 5.91 Å². The maximum Gasteiger partial charge on any atom is 0.330 e. The molecule has 0 aliphatic heterocycles. The molecule has 0 rings (SSSR count). The minimum atomic E-state index is -0.245. The number of nitrogens with zero attached hydrogens (tertiary/aromatic N) is 1. The van der Waals surface area contributed by atoms with Gasteiger partial charge in [-0.25, -0.2) is 4.79 Å². The van der Waals surface area contributed by atoms with Crippen LogP contribution in [0.3, 0.4) is 0 Å². The summed E-state index contributed by atoms with van der Waals surface area (Å²) in [5.74, 6) is -0.0940. The van der Waals surface area contributed by atoms with Crippen LogP contribution >= 0.6 is 0 Å². The Hall–Kier alpha value is -2.36. The zero-order chi connectivity index (χ0) is 28.4. The number of ether oxygens (including phenoxy) is 1. The monoisotopic (exact) mass is 513 g/mol. The number of esters is 1. The molecule has 0 radical (unpaired) electrons. The van der Waals surface area contributed by atoms with E-state index in [9.17, 15) is 9.59 Å². The molecule has 0 atom stereocenters. The van der Waals surface area contributed by atoms with Crippen molar-refractivity contribution in [2.45, 2.75) is 133 Å². The van der Waals surface area contributed by atoms with E-state index < -0.39 is 0 Å². The van der Waals surface area contributed by atoms with Crippen LogP contribution in [0.2, 0.25) is 0 Å². The molecule has 0 aromatic rings. The molecule has 0 aromatic carbocycles. The van der Waals surface area contributed by atoms with Crippen LogP contribution in [-0.4, -0.2) is 35.5 Å².